The SMILES string of the molecule is C(=Cc1ccccc1)=Cc1ccccc1. The van der Waals surface area contributed by atoms with Gasteiger partial charge in [-0.15, -0.1) is 5.73 Å². The predicted octanol–water partition coefficient (Wildman–Crippen LogP) is 4.01. The van der Waals surface area contributed by atoms with E-state index in [1.165, 1.54) is 11.1 Å². The average molecular weight is 192 g/mol. The summed E-state index contributed by atoms with van der Waals surface area (Å²) in [6.07, 6.45) is 3.96. The van der Waals surface area contributed by atoms with Gasteiger partial charge >= 0.3 is 0 Å². The Bertz CT molecular complexity index is 416. The molecule has 72 valence electrons. The fraction of sp³-hybridized carbons (Fsp3) is 0. The van der Waals surface area contributed by atoms with Crippen molar-refractivity contribution < 1.29 is 0 Å². The van der Waals surface area contributed by atoms with Crippen molar-refractivity contribution in [1.29, 1.82) is 0 Å². The zero-order chi connectivity index (χ0) is 10.3. The zero-order valence-electron chi connectivity index (χ0n) is 8.43. The molecule has 2 rings (SSSR count). The molecule has 0 radical (unpaired) electrons. The number of hydrogen-bond acceptors (Lipinski definition) is 0. The summed E-state index contributed by atoms with van der Waals surface area (Å²) in [6.45, 7) is 0. The van der Waals surface area contributed by atoms with Crippen LogP contribution < -0.4 is 0 Å². The van der Waals surface area contributed by atoms with E-state index in [1.54, 1.807) is 0 Å². The molecule has 0 aromatic heterocycles. The Hall–Kier alpha value is -2.04. The van der Waals surface area contributed by atoms with E-state index in [9.17, 15) is 0 Å². The molecule has 0 bridgehead atoms. The Morgan fingerprint density at radius 2 is 1.00 bits per heavy atom. The third-order valence-corrected chi connectivity index (χ3v) is 2.10. The second-order valence-electron chi connectivity index (χ2n) is 3.28. The van der Waals surface area contributed by atoms with Gasteiger partial charge in [0, 0.05) is 0 Å². The molecule has 2 aromatic carbocycles. The highest BCUT2D eigenvalue weighted by molar-refractivity contribution is 5.57. The molecule has 0 amide bonds. The lowest BCUT2D eigenvalue weighted by Gasteiger charge is -1.88. The van der Waals surface area contributed by atoms with Crippen molar-refractivity contribution >= 4 is 12.2 Å². The topological polar surface area (TPSA) is 0 Å². The van der Waals surface area contributed by atoms with Crippen LogP contribution in [0.3, 0.4) is 0 Å². The normalized spacial score (nSPS) is 9.07. The van der Waals surface area contributed by atoms with Crippen LogP contribution >= 0.6 is 0 Å². The Labute approximate surface area is 90.2 Å². The summed E-state index contributed by atoms with van der Waals surface area (Å²) in [5, 5.41) is 0. The minimum atomic E-state index is 1.17. The molecule has 0 aliphatic heterocycles. The molecule has 0 N–H and O–H groups in total. The third-order valence-electron chi connectivity index (χ3n) is 2.10. The molecular weight excluding hydrogens is 180 g/mol. The maximum Gasteiger partial charge on any atom is -0.0127 e. The maximum absolute atomic E-state index is 3.17. The van der Waals surface area contributed by atoms with E-state index in [4.69, 9.17) is 0 Å². The van der Waals surface area contributed by atoms with Crippen molar-refractivity contribution in [3.05, 3.63) is 77.5 Å². The zero-order valence-corrected chi connectivity index (χ0v) is 8.43. The molecule has 15 heavy (non-hydrogen) atoms. The van der Waals surface area contributed by atoms with E-state index in [1.807, 2.05) is 48.6 Å². The molecule has 2 aromatic rings. The quantitative estimate of drug-likeness (QED) is 0.630. The van der Waals surface area contributed by atoms with Gasteiger partial charge in [-0.3, -0.25) is 0 Å². The Morgan fingerprint density at radius 3 is 1.40 bits per heavy atom. The van der Waals surface area contributed by atoms with Crippen molar-refractivity contribution in [2.75, 3.05) is 0 Å². The number of rotatable bonds is 2. The summed E-state index contributed by atoms with van der Waals surface area (Å²) in [4.78, 5) is 0. The molecule has 0 saturated carbocycles. The molecule has 0 fully saturated rings. The molecule has 0 nitrogen and oxygen atoms in total. The van der Waals surface area contributed by atoms with Crippen LogP contribution in [0.15, 0.2) is 66.4 Å². The molecule has 0 aliphatic rings. The Morgan fingerprint density at radius 1 is 0.600 bits per heavy atom. The van der Waals surface area contributed by atoms with Crippen molar-refractivity contribution in [2.45, 2.75) is 0 Å². The molecule has 0 atom stereocenters. The number of benzene rings is 2. The fourth-order valence-electron chi connectivity index (χ4n) is 1.33. The van der Waals surface area contributed by atoms with Gasteiger partial charge in [-0.1, -0.05) is 60.7 Å². The van der Waals surface area contributed by atoms with Gasteiger partial charge in [-0.2, -0.15) is 0 Å². The summed E-state index contributed by atoms with van der Waals surface area (Å²) in [7, 11) is 0. The first kappa shape index (κ1) is 9.51. The van der Waals surface area contributed by atoms with Crippen molar-refractivity contribution in [2.24, 2.45) is 0 Å². The van der Waals surface area contributed by atoms with Crippen molar-refractivity contribution in [3.8, 4) is 0 Å². The van der Waals surface area contributed by atoms with E-state index in [-0.39, 0.29) is 0 Å². The van der Waals surface area contributed by atoms with Gasteiger partial charge < -0.3 is 0 Å². The van der Waals surface area contributed by atoms with Gasteiger partial charge in [-0.05, 0) is 23.3 Å². The lowest BCUT2D eigenvalue weighted by molar-refractivity contribution is 1.65. The monoisotopic (exact) mass is 192 g/mol. The fourth-order valence-corrected chi connectivity index (χ4v) is 1.33. The Balaban J connectivity index is 2.16. The lowest BCUT2D eigenvalue weighted by atomic mass is 10.2. The van der Waals surface area contributed by atoms with Crippen LogP contribution in [-0.4, -0.2) is 0 Å². The second-order valence-corrected chi connectivity index (χ2v) is 3.28. The third kappa shape index (κ3) is 2.98. The van der Waals surface area contributed by atoms with Gasteiger partial charge in [0.1, 0.15) is 0 Å². The van der Waals surface area contributed by atoms with Crippen molar-refractivity contribution in [1.82, 2.24) is 0 Å². The molecule has 0 saturated heterocycles. The maximum atomic E-state index is 3.17. The molecule has 0 aliphatic carbocycles. The minimum Gasteiger partial charge on any atom is -0.120 e. The molecule has 0 heterocycles. The standard InChI is InChI=1S/C15H12/c1-3-8-14(9-4-1)12-7-13-15-10-5-2-6-11-15/h1-6,8-13H. The lowest BCUT2D eigenvalue weighted by Crippen LogP contribution is -1.67. The average Bonchev–Trinajstić information content (AvgIpc) is 2.32. The molecule has 0 heteroatoms. The van der Waals surface area contributed by atoms with Gasteiger partial charge in [-0.25, -0.2) is 0 Å². The van der Waals surface area contributed by atoms with Crippen LogP contribution in [-0.2, 0) is 0 Å². The van der Waals surface area contributed by atoms with Crippen LogP contribution in [0.2, 0.25) is 0 Å². The van der Waals surface area contributed by atoms with Gasteiger partial charge in [0.05, 0.1) is 0 Å². The smallest absolute Gasteiger partial charge is 0.0127 e. The molecule has 0 unspecified atom stereocenters. The van der Waals surface area contributed by atoms with E-state index in [2.05, 4.69) is 30.0 Å². The van der Waals surface area contributed by atoms with Gasteiger partial charge in [0.15, 0.2) is 0 Å². The first-order valence-corrected chi connectivity index (χ1v) is 4.98. The second kappa shape index (κ2) is 4.99. The summed E-state index contributed by atoms with van der Waals surface area (Å²) in [5.74, 6) is 0. The van der Waals surface area contributed by atoms with E-state index in [0.717, 1.165) is 0 Å². The van der Waals surface area contributed by atoms with Crippen LogP contribution in [0.5, 0.6) is 0 Å². The highest BCUT2D eigenvalue weighted by Crippen LogP contribution is 2.02. The van der Waals surface area contributed by atoms with Crippen LogP contribution in [0.1, 0.15) is 11.1 Å². The Kier molecular flexibility index (Phi) is 3.17. The first-order chi connectivity index (χ1) is 7.45. The summed E-state index contributed by atoms with van der Waals surface area (Å²) >= 11 is 0. The summed E-state index contributed by atoms with van der Waals surface area (Å²) in [5.41, 5.74) is 5.51. The number of hydrogen-bond donors (Lipinski definition) is 0. The molecular formula is C15H12. The van der Waals surface area contributed by atoms with Gasteiger partial charge in [0.2, 0.25) is 0 Å². The van der Waals surface area contributed by atoms with E-state index >= 15 is 0 Å². The van der Waals surface area contributed by atoms with E-state index < -0.39 is 0 Å². The molecule has 0 spiro atoms. The predicted molar refractivity (Wildman–Crippen MR) is 65.3 cm³/mol. The van der Waals surface area contributed by atoms with Gasteiger partial charge in [0.25, 0.3) is 0 Å². The summed E-state index contributed by atoms with van der Waals surface area (Å²) < 4.78 is 0. The first-order valence-electron chi connectivity index (χ1n) is 4.98. The van der Waals surface area contributed by atoms with Crippen LogP contribution in [0.4, 0.5) is 0 Å². The highest BCUT2D eigenvalue weighted by Gasteiger charge is 1.81. The minimum absolute atomic E-state index is 1.17. The van der Waals surface area contributed by atoms with E-state index in [0.29, 0.717) is 0 Å². The highest BCUT2D eigenvalue weighted by atomic mass is 13.9. The van der Waals surface area contributed by atoms with Crippen LogP contribution in [0, 0.1) is 0 Å². The van der Waals surface area contributed by atoms with Crippen molar-refractivity contribution in [3.63, 3.8) is 0 Å². The summed E-state index contributed by atoms with van der Waals surface area (Å²) in [6, 6.07) is 20.4. The van der Waals surface area contributed by atoms with Crippen LogP contribution in [0.25, 0.3) is 12.2 Å². The largest absolute Gasteiger partial charge is 0.120 e.